The fourth-order valence-electron chi connectivity index (χ4n) is 2.58. The monoisotopic (exact) mass is 338 g/mol. The zero-order valence-electron chi connectivity index (χ0n) is 12.5. The van der Waals surface area contributed by atoms with E-state index >= 15 is 0 Å². The summed E-state index contributed by atoms with van der Waals surface area (Å²) in [6.07, 6.45) is 1.80. The summed E-state index contributed by atoms with van der Waals surface area (Å²) < 4.78 is 11.1. The zero-order valence-corrected chi connectivity index (χ0v) is 14.0. The summed E-state index contributed by atoms with van der Waals surface area (Å²) in [5.74, 6) is 0. The van der Waals surface area contributed by atoms with E-state index in [0.29, 0.717) is 0 Å². The van der Waals surface area contributed by atoms with Gasteiger partial charge in [0, 0.05) is 55.7 Å². The molecule has 22 heavy (non-hydrogen) atoms. The maximum absolute atomic E-state index is 6.22. The largest absolute Gasteiger partial charge is 0.381 e. The molecule has 1 aromatic carbocycles. The van der Waals surface area contributed by atoms with Crippen molar-refractivity contribution in [1.29, 1.82) is 0 Å². The molecular weight excluding hydrogens is 320 g/mol. The number of hydrogen-bond donors (Lipinski definition) is 1. The Morgan fingerprint density at radius 2 is 2.14 bits per heavy atom. The molecule has 0 atom stereocenters. The molecule has 1 fully saturated rings. The van der Waals surface area contributed by atoms with Gasteiger partial charge in [-0.3, -0.25) is 0 Å². The average molecular weight is 339 g/mol. The Morgan fingerprint density at radius 1 is 1.36 bits per heavy atom. The van der Waals surface area contributed by atoms with E-state index in [1.54, 1.807) is 18.4 Å². The summed E-state index contributed by atoms with van der Waals surface area (Å²) in [5.41, 5.74) is 1.70. The van der Waals surface area contributed by atoms with Crippen LogP contribution in [-0.2, 0) is 9.47 Å². The van der Waals surface area contributed by atoms with E-state index in [0.717, 1.165) is 54.0 Å². The van der Waals surface area contributed by atoms with Crippen LogP contribution >= 0.6 is 22.9 Å². The number of benzene rings is 1. The van der Waals surface area contributed by atoms with Gasteiger partial charge in [0.15, 0.2) is 5.13 Å². The van der Waals surface area contributed by atoms with E-state index in [9.17, 15) is 0 Å². The molecule has 2 aromatic rings. The number of rotatable bonds is 5. The lowest BCUT2D eigenvalue weighted by molar-refractivity contribution is -0.0807. The third kappa shape index (κ3) is 3.43. The number of halogens is 1. The van der Waals surface area contributed by atoms with Crippen LogP contribution in [0, 0.1) is 0 Å². The van der Waals surface area contributed by atoms with Gasteiger partial charge in [0.05, 0.1) is 11.3 Å². The average Bonchev–Trinajstić information content (AvgIpc) is 3.03. The molecule has 1 N–H and O–H groups in total. The molecule has 1 aliphatic heterocycles. The summed E-state index contributed by atoms with van der Waals surface area (Å²) in [7, 11) is 1.77. The molecule has 0 aliphatic carbocycles. The molecule has 0 unspecified atom stereocenters. The molecule has 0 bridgehead atoms. The molecule has 0 amide bonds. The number of anilines is 1. The van der Waals surface area contributed by atoms with Crippen molar-refractivity contribution in [2.24, 2.45) is 0 Å². The summed E-state index contributed by atoms with van der Waals surface area (Å²) >= 11 is 7.80. The predicted octanol–water partition coefficient (Wildman–Crippen LogP) is 4.07. The minimum atomic E-state index is -0.158. The molecule has 6 heteroatoms. The molecular formula is C16H19ClN2O2S. The standard InChI is InChI=1S/C16H19ClN2O2S/c1-20-16(6-8-21-9-7-16)11-18-15-19-14(10-22-15)12-4-2-3-5-13(12)17/h2-5,10H,6-9,11H2,1H3,(H,18,19). The number of aromatic nitrogens is 1. The van der Waals surface area contributed by atoms with Gasteiger partial charge in [0.25, 0.3) is 0 Å². The van der Waals surface area contributed by atoms with Crippen molar-refractivity contribution in [2.45, 2.75) is 18.4 Å². The SMILES string of the molecule is COC1(CNc2nc(-c3ccccc3Cl)cs2)CCOCC1. The lowest BCUT2D eigenvalue weighted by Gasteiger charge is -2.35. The topological polar surface area (TPSA) is 43.4 Å². The van der Waals surface area contributed by atoms with Gasteiger partial charge in [-0.05, 0) is 6.07 Å². The van der Waals surface area contributed by atoms with Crippen molar-refractivity contribution in [3.8, 4) is 11.3 Å². The highest BCUT2D eigenvalue weighted by atomic mass is 35.5. The zero-order chi connectivity index (χ0) is 15.4. The summed E-state index contributed by atoms with van der Waals surface area (Å²) in [4.78, 5) is 4.63. The Hall–Kier alpha value is -1.14. The number of methoxy groups -OCH3 is 1. The Morgan fingerprint density at radius 3 is 2.86 bits per heavy atom. The van der Waals surface area contributed by atoms with Gasteiger partial charge in [-0.2, -0.15) is 0 Å². The highest BCUT2D eigenvalue weighted by Gasteiger charge is 2.32. The van der Waals surface area contributed by atoms with Gasteiger partial charge in [0.1, 0.15) is 0 Å². The third-order valence-electron chi connectivity index (χ3n) is 4.05. The van der Waals surface area contributed by atoms with Crippen molar-refractivity contribution >= 4 is 28.1 Å². The van der Waals surface area contributed by atoms with Crippen molar-refractivity contribution in [3.63, 3.8) is 0 Å². The third-order valence-corrected chi connectivity index (χ3v) is 5.18. The normalized spacial score (nSPS) is 17.4. The molecule has 2 heterocycles. The fourth-order valence-corrected chi connectivity index (χ4v) is 3.52. The lowest BCUT2D eigenvalue weighted by atomic mass is 9.94. The Bertz CT molecular complexity index is 626. The highest BCUT2D eigenvalue weighted by molar-refractivity contribution is 7.14. The van der Waals surface area contributed by atoms with Crippen LogP contribution in [0.25, 0.3) is 11.3 Å². The summed E-state index contributed by atoms with van der Waals surface area (Å²) in [6.45, 7) is 2.23. The highest BCUT2D eigenvalue weighted by Crippen LogP contribution is 2.31. The number of ether oxygens (including phenoxy) is 2. The van der Waals surface area contributed by atoms with Crippen LogP contribution in [0.15, 0.2) is 29.6 Å². The van der Waals surface area contributed by atoms with E-state index in [2.05, 4.69) is 10.3 Å². The number of nitrogens with one attached hydrogen (secondary N) is 1. The van der Waals surface area contributed by atoms with Crippen molar-refractivity contribution in [3.05, 3.63) is 34.7 Å². The quantitative estimate of drug-likeness (QED) is 0.892. The van der Waals surface area contributed by atoms with E-state index in [1.165, 1.54) is 0 Å². The predicted molar refractivity (Wildman–Crippen MR) is 90.8 cm³/mol. The van der Waals surface area contributed by atoms with Crippen LogP contribution in [0.5, 0.6) is 0 Å². The van der Waals surface area contributed by atoms with Crippen molar-refractivity contribution in [2.75, 3.05) is 32.2 Å². The van der Waals surface area contributed by atoms with Crippen LogP contribution in [0.4, 0.5) is 5.13 Å². The van der Waals surface area contributed by atoms with Crippen molar-refractivity contribution in [1.82, 2.24) is 4.98 Å². The van der Waals surface area contributed by atoms with Crippen LogP contribution < -0.4 is 5.32 Å². The molecule has 0 spiro atoms. The number of nitrogens with zero attached hydrogens (tertiary/aromatic N) is 1. The van der Waals surface area contributed by atoms with Crippen LogP contribution in [0.2, 0.25) is 5.02 Å². The summed E-state index contributed by atoms with van der Waals surface area (Å²) in [5, 5.41) is 7.03. The van der Waals surface area contributed by atoms with Crippen LogP contribution in [-0.4, -0.2) is 37.5 Å². The van der Waals surface area contributed by atoms with Crippen LogP contribution in [0.3, 0.4) is 0 Å². The fraction of sp³-hybridized carbons (Fsp3) is 0.438. The van der Waals surface area contributed by atoms with E-state index in [-0.39, 0.29) is 5.60 Å². The van der Waals surface area contributed by atoms with Gasteiger partial charge in [-0.1, -0.05) is 29.8 Å². The van der Waals surface area contributed by atoms with Gasteiger partial charge < -0.3 is 14.8 Å². The molecule has 0 radical (unpaired) electrons. The molecule has 4 nitrogen and oxygen atoms in total. The lowest BCUT2D eigenvalue weighted by Crippen LogP contribution is -2.44. The smallest absolute Gasteiger partial charge is 0.183 e. The molecule has 1 aromatic heterocycles. The first kappa shape index (κ1) is 15.7. The number of thiazole rings is 1. The maximum Gasteiger partial charge on any atom is 0.183 e. The first-order valence-electron chi connectivity index (χ1n) is 7.30. The van der Waals surface area contributed by atoms with Gasteiger partial charge in [-0.25, -0.2) is 4.98 Å². The molecule has 3 rings (SSSR count). The van der Waals surface area contributed by atoms with E-state index < -0.39 is 0 Å². The second-order valence-electron chi connectivity index (χ2n) is 5.37. The minimum absolute atomic E-state index is 0.158. The van der Waals surface area contributed by atoms with Gasteiger partial charge in [-0.15, -0.1) is 11.3 Å². The van der Waals surface area contributed by atoms with Gasteiger partial charge in [0.2, 0.25) is 0 Å². The summed E-state index contributed by atoms with van der Waals surface area (Å²) in [6, 6.07) is 7.75. The Kier molecular flexibility index (Phi) is 4.98. The molecule has 118 valence electrons. The second kappa shape index (κ2) is 6.96. The van der Waals surface area contributed by atoms with Gasteiger partial charge >= 0.3 is 0 Å². The Balaban J connectivity index is 1.68. The maximum atomic E-state index is 6.22. The van der Waals surface area contributed by atoms with E-state index in [1.807, 2.05) is 29.6 Å². The first-order chi connectivity index (χ1) is 10.7. The minimum Gasteiger partial charge on any atom is -0.381 e. The molecule has 1 aliphatic rings. The van der Waals surface area contributed by atoms with E-state index in [4.69, 9.17) is 21.1 Å². The van der Waals surface area contributed by atoms with Crippen molar-refractivity contribution < 1.29 is 9.47 Å². The van der Waals surface area contributed by atoms with Crippen LogP contribution in [0.1, 0.15) is 12.8 Å². The molecule has 1 saturated heterocycles. The molecule has 0 saturated carbocycles. The second-order valence-corrected chi connectivity index (χ2v) is 6.64. The first-order valence-corrected chi connectivity index (χ1v) is 8.55. The number of hydrogen-bond acceptors (Lipinski definition) is 5. The Labute approximate surface area is 139 Å².